The monoisotopic (exact) mass is 237 g/mol. The van der Waals surface area contributed by atoms with E-state index in [9.17, 15) is 18.0 Å². The van der Waals surface area contributed by atoms with Crippen molar-refractivity contribution in [1.29, 1.82) is 0 Å². The van der Waals surface area contributed by atoms with Crippen LogP contribution in [-0.2, 0) is 24.4 Å². The minimum absolute atomic E-state index is 0.0364. The molecule has 0 bridgehead atoms. The summed E-state index contributed by atoms with van der Waals surface area (Å²) in [5, 5.41) is 0. The van der Waals surface area contributed by atoms with E-state index in [0.29, 0.717) is 0 Å². The first-order valence-electron chi connectivity index (χ1n) is 4.14. The van der Waals surface area contributed by atoms with Gasteiger partial charge in [0, 0.05) is 13.0 Å². The van der Waals surface area contributed by atoms with Gasteiger partial charge in [0.05, 0.1) is 13.0 Å². The van der Waals surface area contributed by atoms with Crippen LogP contribution in [-0.4, -0.2) is 49.3 Å². The largest absolute Gasteiger partial charge is 0.469 e. The van der Waals surface area contributed by atoms with E-state index in [1.165, 1.54) is 7.11 Å². The number of hydrogen-bond donors (Lipinski definition) is 1. The molecule has 1 atom stereocenters. The molecule has 1 rings (SSSR count). The maximum Gasteiger partial charge on any atom is 0.310 e. The van der Waals surface area contributed by atoms with Gasteiger partial charge >= 0.3 is 5.97 Å². The Morgan fingerprint density at radius 1 is 1.67 bits per heavy atom. The molecule has 0 aromatic carbocycles. The molecule has 1 fully saturated rings. The molecule has 0 aromatic heterocycles. The topological polar surface area (TPSA) is 101 Å². The third kappa shape index (κ3) is 3.17. The van der Waals surface area contributed by atoms with Gasteiger partial charge in [-0.2, -0.15) is 8.42 Å². The second kappa shape index (κ2) is 4.15. The lowest BCUT2D eigenvalue weighted by atomic mass is 10.1. The predicted molar refractivity (Wildman–Crippen MR) is 48.3 cm³/mol. The summed E-state index contributed by atoms with van der Waals surface area (Å²) in [6.45, 7) is -0.0364. The number of ether oxygens (including phenoxy) is 1. The Morgan fingerprint density at radius 2 is 2.27 bits per heavy atom. The molecule has 15 heavy (non-hydrogen) atoms. The molecule has 0 spiro atoms. The minimum atomic E-state index is -4.24. The summed E-state index contributed by atoms with van der Waals surface area (Å²) in [7, 11) is -3.05. The number of likely N-dealkylation sites (tertiary alicyclic amines) is 1. The SMILES string of the molecule is COC(=O)C1CC(=O)N(CS(=O)(=O)O)C1. The average Bonchev–Trinajstić information content (AvgIpc) is 2.44. The first kappa shape index (κ1) is 11.9. The van der Waals surface area contributed by atoms with Crippen LogP contribution in [0.3, 0.4) is 0 Å². The Labute approximate surface area is 86.7 Å². The Balaban J connectivity index is 2.65. The maximum absolute atomic E-state index is 11.2. The zero-order valence-electron chi connectivity index (χ0n) is 8.04. The van der Waals surface area contributed by atoms with E-state index < -0.39 is 33.8 Å². The van der Waals surface area contributed by atoms with E-state index in [1.54, 1.807) is 0 Å². The summed E-state index contributed by atoms with van der Waals surface area (Å²) < 4.78 is 34.0. The first-order chi connectivity index (χ1) is 6.83. The Morgan fingerprint density at radius 3 is 2.73 bits per heavy atom. The smallest absolute Gasteiger partial charge is 0.310 e. The molecular weight excluding hydrogens is 226 g/mol. The Kier molecular flexibility index (Phi) is 3.30. The second-order valence-electron chi connectivity index (χ2n) is 3.25. The molecule has 0 aliphatic carbocycles. The third-order valence-corrected chi connectivity index (χ3v) is 2.71. The van der Waals surface area contributed by atoms with E-state index in [0.717, 1.165) is 4.90 Å². The van der Waals surface area contributed by atoms with E-state index in [2.05, 4.69) is 4.74 Å². The number of carbonyl (C=O) groups is 2. The highest BCUT2D eigenvalue weighted by Crippen LogP contribution is 2.19. The molecule has 86 valence electrons. The van der Waals surface area contributed by atoms with Gasteiger partial charge in [0.25, 0.3) is 10.1 Å². The maximum atomic E-state index is 11.2. The molecule has 1 heterocycles. The second-order valence-corrected chi connectivity index (χ2v) is 4.67. The predicted octanol–water partition coefficient (Wildman–Crippen LogP) is -1.15. The van der Waals surface area contributed by atoms with Gasteiger partial charge in [-0.15, -0.1) is 0 Å². The number of rotatable bonds is 3. The van der Waals surface area contributed by atoms with Crippen molar-refractivity contribution in [1.82, 2.24) is 4.90 Å². The molecule has 0 aromatic rings. The van der Waals surface area contributed by atoms with Crippen LogP contribution >= 0.6 is 0 Å². The molecule has 1 N–H and O–H groups in total. The van der Waals surface area contributed by atoms with Crippen molar-refractivity contribution in [3.8, 4) is 0 Å². The average molecular weight is 237 g/mol. The van der Waals surface area contributed by atoms with Gasteiger partial charge < -0.3 is 9.64 Å². The summed E-state index contributed by atoms with van der Waals surface area (Å²) in [5.74, 6) is -2.47. The van der Waals surface area contributed by atoms with Gasteiger partial charge in [-0.1, -0.05) is 0 Å². The van der Waals surface area contributed by atoms with Crippen molar-refractivity contribution in [3.63, 3.8) is 0 Å². The van der Waals surface area contributed by atoms with E-state index >= 15 is 0 Å². The molecule has 1 amide bonds. The number of nitrogens with zero attached hydrogens (tertiary/aromatic N) is 1. The van der Waals surface area contributed by atoms with Gasteiger partial charge in [0.15, 0.2) is 0 Å². The molecule has 0 radical (unpaired) electrons. The van der Waals surface area contributed by atoms with Gasteiger partial charge in [0.1, 0.15) is 5.88 Å². The fourth-order valence-electron chi connectivity index (χ4n) is 1.42. The van der Waals surface area contributed by atoms with Crippen molar-refractivity contribution in [2.24, 2.45) is 5.92 Å². The molecule has 0 saturated carbocycles. The zero-order valence-corrected chi connectivity index (χ0v) is 8.86. The highest BCUT2D eigenvalue weighted by molar-refractivity contribution is 7.85. The third-order valence-electron chi connectivity index (χ3n) is 2.07. The normalized spacial score (nSPS) is 21.9. The minimum Gasteiger partial charge on any atom is -0.469 e. The van der Waals surface area contributed by atoms with Crippen LogP contribution in [0.25, 0.3) is 0 Å². The summed E-state index contributed by atoms with van der Waals surface area (Å²) in [6, 6.07) is 0. The number of amides is 1. The standard InChI is InChI=1S/C7H11NO6S/c1-14-7(10)5-2-6(9)8(3-5)4-15(11,12)13/h5H,2-4H2,1H3,(H,11,12,13). The first-order valence-corrected chi connectivity index (χ1v) is 5.75. The quantitative estimate of drug-likeness (QED) is 0.491. The highest BCUT2D eigenvalue weighted by Gasteiger charge is 2.36. The lowest BCUT2D eigenvalue weighted by Gasteiger charge is -2.13. The molecule has 7 nitrogen and oxygen atoms in total. The van der Waals surface area contributed by atoms with Crippen molar-refractivity contribution < 1.29 is 27.3 Å². The van der Waals surface area contributed by atoms with Gasteiger partial charge in [0.2, 0.25) is 5.91 Å². The highest BCUT2D eigenvalue weighted by atomic mass is 32.2. The van der Waals surface area contributed by atoms with Crippen molar-refractivity contribution in [3.05, 3.63) is 0 Å². The molecular formula is C7H11NO6S. The fourth-order valence-corrected chi connectivity index (χ4v) is 2.06. The van der Waals surface area contributed by atoms with Crippen molar-refractivity contribution in [2.75, 3.05) is 19.5 Å². The van der Waals surface area contributed by atoms with E-state index in [1.807, 2.05) is 0 Å². The zero-order chi connectivity index (χ0) is 11.6. The summed E-state index contributed by atoms with van der Waals surface area (Å²) in [6.07, 6.45) is -0.0812. The van der Waals surface area contributed by atoms with Crippen molar-refractivity contribution in [2.45, 2.75) is 6.42 Å². The lowest BCUT2D eigenvalue weighted by Crippen LogP contribution is -2.31. The van der Waals surface area contributed by atoms with Gasteiger partial charge in [-0.05, 0) is 0 Å². The number of hydrogen-bond acceptors (Lipinski definition) is 5. The van der Waals surface area contributed by atoms with Crippen LogP contribution in [0.15, 0.2) is 0 Å². The summed E-state index contributed by atoms with van der Waals surface area (Å²) in [4.78, 5) is 23.2. The van der Waals surface area contributed by atoms with Crippen LogP contribution in [0.2, 0.25) is 0 Å². The number of esters is 1. The lowest BCUT2D eigenvalue weighted by molar-refractivity contribution is -0.145. The van der Waals surface area contributed by atoms with Gasteiger partial charge in [-0.3, -0.25) is 14.1 Å². The van der Waals surface area contributed by atoms with Crippen LogP contribution < -0.4 is 0 Å². The molecule has 8 heteroatoms. The Hall–Kier alpha value is -1.15. The fraction of sp³-hybridized carbons (Fsp3) is 0.714. The molecule has 1 unspecified atom stereocenters. The summed E-state index contributed by atoms with van der Waals surface area (Å²) >= 11 is 0. The van der Waals surface area contributed by atoms with Crippen LogP contribution in [0.4, 0.5) is 0 Å². The number of methoxy groups -OCH3 is 1. The summed E-state index contributed by atoms with van der Waals surface area (Å²) in [5.41, 5.74) is 0. The van der Waals surface area contributed by atoms with Crippen molar-refractivity contribution >= 4 is 22.0 Å². The molecule has 1 saturated heterocycles. The Bertz CT molecular complexity index is 375. The van der Waals surface area contributed by atoms with E-state index in [-0.39, 0.29) is 13.0 Å². The molecule has 1 aliphatic rings. The molecule has 1 aliphatic heterocycles. The van der Waals surface area contributed by atoms with Crippen LogP contribution in [0, 0.1) is 5.92 Å². The van der Waals surface area contributed by atoms with E-state index in [4.69, 9.17) is 4.55 Å². The van der Waals surface area contributed by atoms with Crippen LogP contribution in [0.1, 0.15) is 6.42 Å². The van der Waals surface area contributed by atoms with Gasteiger partial charge in [-0.25, -0.2) is 0 Å². The van der Waals surface area contributed by atoms with Crippen LogP contribution in [0.5, 0.6) is 0 Å². The number of carbonyl (C=O) groups excluding carboxylic acids is 2.